The van der Waals surface area contributed by atoms with Crippen LogP contribution in [0, 0.1) is 28.5 Å². The van der Waals surface area contributed by atoms with E-state index in [0.717, 1.165) is 11.1 Å². The van der Waals surface area contributed by atoms with Gasteiger partial charge in [-0.3, -0.25) is 4.79 Å². The quantitative estimate of drug-likeness (QED) is 0.637. The Labute approximate surface area is 184 Å². The van der Waals surface area contributed by atoms with Crippen LogP contribution < -0.4 is 10.6 Å². The van der Waals surface area contributed by atoms with Crippen molar-refractivity contribution < 1.29 is 23.8 Å². The summed E-state index contributed by atoms with van der Waals surface area (Å²) in [5.74, 6) is -1.14. The second-order valence-corrected chi connectivity index (χ2v) is 7.49. The van der Waals surface area contributed by atoms with Crippen LogP contribution in [-0.2, 0) is 16.0 Å². The van der Waals surface area contributed by atoms with Gasteiger partial charge in [0.25, 0.3) is 0 Å². The lowest BCUT2D eigenvalue weighted by molar-refractivity contribution is -0.131. The van der Waals surface area contributed by atoms with Crippen LogP contribution in [0.3, 0.4) is 0 Å². The molecule has 2 aromatic rings. The number of nitriles is 2. The molecule has 1 heterocycles. The SMILES string of the molecule is N#Cc1cc(-c2ccc(CC(C#N)NC(=O)C3(NC(=O)O)CCOCC3)cc2)ccc1F. The minimum atomic E-state index is -1.33. The molecule has 0 saturated carbocycles. The van der Waals surface area contributed by atoms with Crippen molar-refractivity contribution in [3.63, 3.8) is 0 Å². The van der Waals surface area contributed by atoms with Crippen LogP contribution in [-0.4, -0.2) is 41.9 Å². The smallest absolute Gasteiger partial charge is 0.405 e. The van der Waals surface area contributed by atoms with Gasteiger partial charge in [0.1, 0.15) is 23.5 Å². The summed E-state index contributed by atoms with van der Waals surface area (Å²) in [4.78, 5) is 24.0. The highest BCUT2D eigenvalue weighted by molar-refractivity contribution is 5.90. The Balaban J connectivity index is 1.70. The van der Waals surface area contributed by atoms with E-state index in [2.05, 4.69) is 10.6 Å². The molecule has 9 heteroatoms. The average molecular weight is 436 g/mol. The average Bonchev–Trinajstić information content (AvgIpc) is 2.79. The van der Waals surface area contributed by atoms with Gasteiger partial charge in [-0.1, -0.05) is 30.3 Å². The minimum absolute atomic E-state index is 0.0455. The largest absolute Gasteiger partial charge is 0.465 e. The fourth-order valence-corrected chi connectivity index (χ4v) is 3.62. The fraction of sp³-hybridized carbons (Fsp3) is 0.304. The zero-order valence-electron chi connectivity index (χ0n) is 17.1. The number of nitrogens with zero attached hydrogens (tertiary/aromatic N) is 2. The second-order valence-electron chi connectivity index (χ2n) is 7.49. The third kappa shape index (κ3) is 5.20. The molecule has 1 atom stereocenters. The van der Waals surface area contributed by atoms with E-state index in [4.69, 9.17) is 15.1 Å². The van der Waals surface area contributed by atoms with Crippen molar-refractivity contribution in [2.75, 3.05) is 13.2 Å². The third-order valence-corrected chi connectivity index (χ3v) is 5.40. The standard InChI is InChI=1S/C23H21FN4O4/c24-20-6-5-17(12-18(20)13-25)16-3-1-15(2-4-16)11-19(14-26)27-21(29)23(28-22(30)31)7-9-32-10-8-23/h1-6,12,19,28H,7-11H2,(H,27,29)(H,30,31). The van der Waals surface area contributed by atoms with E-state index < -0.39 is 29.4 Å². The maximum Gasteiger partial charge on any atom is 0.405 e. The summed E-state index contributed by atoms with van der Waals surface area (Å²) in [6.07, 6.45) is -0.734. The van der Waals surface area contributed by atoms with Crippen molar-refractivity contribution in [1.82, 2.24) is 10.6 Å². The van der Waals surface area contributed by atoms with Crippen LogP contribution in [0.15, 0.2) is 42.5 Å². The number of carboxylic acid groups (broad SMARTS) is 1. The predicted molar refractivity (Wildman–Crippen MR) is 112 cm³/mol. The molecule has 2 aromatic carbocycles. The zero-order valence-corrected chi connectivity index (χ0v) is 17.1. The highest BCUT2D eigenvalue weighted by atomic mass is 19.1. The maximum absolute atomic E-state index is 13.5. The molecule has 0 radical (unpaired) electrons. The summed E-state index contributed by atoms with van der Waals surface area (Å²) < 4.78 is 18.8. The van der Waals surface area contributed by atoms with Gasteiger partial charge < -0.3 is 20.5 Å². The molecule has 0 bridgehead atoms. The van der Waals surface area contributed by atoms with Crippen LogP contribution >= 0.6 is 0 Å². The second kappa shape index (κ2) is 9.90. The third-order valence-electron chi connectivity index (χ3n) is 5.40. The molecule has 1 unspecified atom stereocenters. The molecule has 1 saturated heterocycles. The number of nitrogens with one attached hydrogen (secondary N) is 2. The molecule has 32 heavy (non-hydrogen) atoms. The first kappa shape index (κ1) is 22.7. The lowest BCUT2D eigenvalue weighted by Gasteiger charge is -2.36. The van der Waals surface area contributed by atoms with Crippen molar-refractivity contribution >= 4 is 12.0 Å². The van der Waals surface area contributed by atoms with Gasteiger partial charge in [-0.05, 0) is 28.8 Å². The molecule has 3 rings (SSSR count). The Hall–Kier alpha value is -3.95. The Morgan fingerprint density at radius 1 is 1.12 bits per heavy atom. The van der Waals surface area contributed by atoms with Gasteiger partial charge in [0.2, 0.25) is 5.91 Å². The molecule has 0 aromatic heterocycles. The van der Waals surface area contributed by atoms with Crippen molar-refractivity contribution in [1.29, 1.82) is 10.5 Å². The molecule has 1 fully saturated rings. The van der Waals surface area contributed by atoms with Gasteiger partial charge in [-0.2, -0.15) is 10.5 Å². The lowest BCUT2D eigenvalue weighted by atomic mass is 9.88. The van der Waals surface area contributed by atoms with Crippen LogP contribution in [0.5, 0.6) is 0 Å². The number of benzene rings is 2. The number of hydrogen-bond donors (Lipinski definition) is 3. The van der Waals surface area contributed by atoms with Crippen molar-refractivity contribution in [3.05, 3.63) is 59.4 Å². The molecule has 1 aliphatic heterocycles. The summed E-state index contributed by atoms with van der Waals surface area (Å²) in [5, 5.41) is 32.6. The number of amides is 2. The molecule has 2 amide bonds. The van der Waals surface area contributed by atoms with Gasteiger partial charge >= 0.3 is 6.09 Å². The van der Waals surface area contributed by atoms with Gasteiger partial charge in [0, 0.05) is 32.5 Å². The highest BCUT2D eigenvalue weighted by Gasteiger charge is 2.42. The summed E-state index contributed by atoms with van der Waals surface area (Å²) in [7, 11) is 0. The number of carbonyl (C=O) groups excluding carboxylic acids is 1. The Bertz CT molecular complexity index is 1080. The number of carbonyl (C=O) groups is 2. The topological polar surface area (TPSA) is 135 Å². The van der Waals surface area contributed by atoms with Gasteiger partial charge in [-0.15, -0.1) is 0 Å². The van der Waals surface area contributed by atoms with E-state index in [9.17, 15) is 19.2 Å². The summed E-state index contributed by atoms with van der Waals surface area (Å²) in [6.45, 7) is 0.479. The first-order chi connectivity index (χ1) is 15.4. The van der Waals surface area contributed by atoms with E-state index in [1.807, 2.05) is 12.1 Å². The predicted octanol–water partition coefficient (Wildman–Crippen LogP) is 2.73. The van der Waals surface area contributed by atoms with E-state index in [1.165, 1.54) is 12.1 Å². The fourth-order valence-electron chi connectivity index (χ4n) is 3.62. The molecule has 0 aliphatic carbocycles. The summed E-state index contributed by atoms with van der Waals surface area (Å²) in [6, 6.07) is 14.4. The first-order valence-electron chi connectivity index (χ1n) is 9.95. The molecule has 164 valence electrons. The van der Waals surface area contributed by atoms with E-state index in [-0.39, 0.29) is 38.0 Å². The highest BCUT2D eigenvalue weighted by Crippen LogP contribution is 2.24. The van der Waals surface area contributed by atoms with Crippen molar-refractivity contribution in [2.24, 2.45) is 0 Å². The first-order valence-corrected chi connectivity index (χ1v) is 9.95. The Kier molecular flexibility index (Phi) is 7.04. The normalized spacial score (nSPS) is 15.6. The van der Waals surface area contributed by atoms with E-state index >= 15 is 0 Å². The number of halogens is 1. The van der Waals surface area contributed by atoms with Crippen LogP contribution in [0.1, 0.15) is 24.0 Å². The van der Waals surface area contributed by atoms with Crippen molar-refractivity contribution in [3.8, 4) is 23.3 Å². The van der Waals surface area contributed by atoms with Crippen LogP contribution in [0.4, 0.5) is 9.18 Å². The Morgan fingerprint density at radius 3 is 2.38 bits per heavy atom. The van der Waals surface area contributed by atoms with Crippen molar-refractivity contribution in [2.45, 2.75) is 30.8 Å². The Morgan fingerprint density at radius 2 is 1.78 bits per heavy atom. The molecule has 0 spiro atoms. The van der Waals surface area contributed by atoms with Crippen LogP contribution in [0.25, 0.3) is 11.1 Å². The molecule has 3 N–H and O–H groups in total. The van der Waals surface area contributed by atoms with Crippen LogP contribution in [0.2, 0.25) is 0 Å². The minimum Gasteiger partial charge on any atom is -0.465 e. The van der Waals surface area contributed by atoms with E-state index in [1.54, 1.807) is 30.3 Å². The number of rotatable bonds is 6. The molecular formula is C23H21FN4O4. The zero-order chi connectivity index (χ0) is 23.1. The monoisotopic (exact) mass is 436 g/mol. The summed E-state index contributed by atoms with van der Waals surface area (Å²) >= 11 is 0. The van der Waals surface area contributed by atoms with Gasteiger partial charge in [0.15, 0.2) is 0 Å². The van der Waals surface area contributed by atoms with Gasteiger partial charge in [-0.25, -0.2) is 9.18 Å². The number of hydrogen-bond acceptors (Lipinski definition) is 5. The van der Waals surface area contributed by atoms with E-state index in [0.29, 0.717) is 5.56 Å². The maximum atomic E-state index is 13.5. The van der Waals surface area contributed by atoms with Gasteiger partial charge in [0.05, 0.1) is 11.6 Å². The molecule has 8 nitrogen and oxygen atoms in total. The molecule has 1 aliphatic rings. The lowest BCUT2D eigenvalue weighted by Crippen LogP contribution is -2.62. The summed E-state index contributed by atoms with van der Waals surface area (Å²) in [5.41, 5.74) is 0.853. The molecular weight excluding hydrogens is 415 g/mol. The number of ether oxygens (including phenoxy) is 1.